The van der Waals surface area contributed by atoms with E-state index >= 15 is 0 Å². The molecule has 0 aliphatic carbocycles. The van der Waals surface area contributed by atoms with Gasteiger partial charge < -0.3 is 5.32 Å². The van der Waals surface area contributed by atoms with Crippen LogP contribution in [0.5, 0.6) is 0 Å². The van der Waals surface area contributed by atoms with Gasteiger partial charge >= 0.3 is 0 Å². The summed E-state index contributed by atoms with van der Waals surface area (Å²) in [6, 6.07) is 2.79. The van der Waals surface area contributed by atoms with Crippen molar-refractivity contribution in [2.24, 2.45) is 0 Å². The number of carbonyl (C=O) groups is 2. The van der Waals surface area contributed by atoms with E-state index in [9.17, 15) is 9.59 Å². The van der Waals surface area contributed by atoms with Crippen molar-refractivity contribution >= 4 is 40.7 Å². The summed E-state index contributed by atoms with van der Waals surface area (Å²) in [4.78, 5) is 25.3. The predicted octanol–water partition coefficient (Wildman–Crippen LogP) is 2.54. The highest BCUT2D eigenvalue weighted by Crippen LogP contribution is 2.34. The second-order valence-electron chi connectivity index (χ2n) is 4.46. The Kier molecular flexibility index (Phi) is 4.02. The number of carbonyl (C=O) groups excluding carboxylic acids is 2. The zero-order chi connectivity index (χ0) is 14.2. The number of nitrogens with one attached hydrogen (secondary N) is 1. The molecule has 2 rings (SSSR count). The van der Waals surface area contributed by atoms with Crippen LogP contribution in [0.3, 0.4) is 0 Å². The van der Waals surface area contributed by atoms with E-state index in [4.69, 9.17) is 23.2 Å². The summed E-state index contributed by atoms with van der Waals surface area (Å²) in [6.07, 6.45) is 0.513. The Balaban J connectivity index is 2.51. The highest BCUT2D eigenvalue weighted by atomic mass is 35.5. The summed E-state index contributed by atoms with van der Waals surface area (Å²) in [5, 5.41) is 3.51. The number of benzene rings is 1. The standard InChI is InChI=1S/C13H14Cl2N2O2/c1-3-10-13(19)16-6-12(18)17(10)11-5-8(14)7(2)4-9(11)15/h4-5,10H,3,6H2,1-2H3,(H,16,19). The van der Waals surface area contributed by atoms with Gasteiger partial charge in [-0.2, -0.15) is 0 Å². The lowest BCUT2D eigenvalue weighted by Crippen LogP contribution is -2.58. The fraction of sp³-hybridized carbons (Fsp3) is 0.385. The van der Waals surface area contributed by atoms with Crippen LogP contribution in [0.4, 0.5) is 5.69 Å². The summed E-state index contributed by atoms with van der Waals surface area (Å²) >= 11 is 12.3. The average Bonchev–Trinajstić information content (AvgIpc) is 2.36. The molecule has 0 spiro atoms. The van der Waals surface area contributed by atoms with Crippen LogP contribution in [0.15, 0.2) is 12.1 Å². The Bertz CT molecular complexity index is 546. The van der Waals surface area contributed by atoms with E-state index in [1.807, 2.05) is 13.8 Å². The molecule has 1 unspecified atom stereocenters. The first-order valence-electron chi connectivity index (χ1n) is 6.01. The van der Waals surface area contributed by atoms with Crippen molar-refractivity contribution in [2.45, 2.75) is 26.3 Å². The highest BCUT2D eigenvalue weighted by Gasteiger charge is 2.35. The van der Waals surface area contributed by atoms with E-state index in [-0.39, 0.29) is 18.4 Å². The van der Waals surface area contributed by atoms with E-state index in [1.165, 1.54) is 4.90 Å². The van der Waals surface area contributed by atoms with Gasteiger partial charge in [-0.05, 0) is 31.0 Å². The number of halogens is 2. The van der Waals surface area contributed by atoms with Crippen molar-refractivity contribution in [3.8, 4) is 0 Å². The zero-order valence-corrected chi connectivity index (χ0v) is 12.2. The van der Waals surface area contributed by atoms with Crippen LogP contribution >= 0.6 is 23.2 Å². The van der Waals surface area contributed by atoms with Crippen LogP contribution in [-0.4, -0.2) is 24.4 Å². The Labute approximate surface area is 121 Å². The first kappa shape index (κ1) is 14.2. The molecular weight excluding hydrogens is 287 g/mol. The molecule has 1 N–H and O–H groups in total. The van der Waals surface area contributed by atoms with Crippen LogP contribution in [0.1, 0.15) is 18.9 Å². The molecular formula is C13H14Cl2N2O2. The van der Waals surface area contributed by atoms with Gasteiger partial charge in [-0.1, -0.05) is 30.1 Å². The molecule has 1 fully saturated rings. The maximum absolute atomic E-state index is 12.1. The van der Waals surface area contributed by atoms with Gasteiger partial charge in [0.15, 0.2) is 0 Å². The number of anilines is 1. The number of aryl methyl sites for hydroxylation is 1. The molecule has 19 heavy (non-hydrogen) atoms. The van der Waals surface area contributed by atoms with Crippen molar-refractivity contribution < 1.29 is 9.59 Å². The average molecular weight is 301 g/mol. The maximum Gasteiger partial charge on any atom is 0.247 e. The molecule has 0 bridgehead atoms. The number of piperazine rings is 1. The molecule has 1 atom stereocenters. The number of nitrogens with zero attached hydrogens (tertiary/aromatic N) is 1. The molecule has 0 saturated carbocycles. The molecule has 0 aromatic heterocycles. The van der Waals surface area contributed by atoms with Crippen molar-refractivity contribution in [1.29, 1.82) is 0 Å². The van der Waals surface area contributed by atoms with Crippen LogP contribution < -0.4 is 10.2 Å². The fourth-order valence-electron chi connectivity index (χ4n) is 2.15. The SMILES string of the molecule is CCC1C(=O)NCC(=O)N1c1cc(Cl)c(C)cc1Cl. The molecule has 4 nitrogen and oxygen atoms in total. The van der Waals surface area contributed by atoms with Gasteiger partial charge in [0.1, 0.15) is 6.04 Å². The molecule has 6 heteroatoms. The van der Waals surface area contributed by atoms with Gasteiger partial charge in [-0.3, -0.25) is 14.5 Å². The monoisotopic (exact) mass is 300 g/mol. The van der Waals surface area contributed by atoms with Gasteiger partial charge in [0.05, 0.1) is 17.3 Å². The lowest BCUT2D eigenvalue weighted by Gasteiger charge is -2.35. The lowest BCUT2D eigenvalue weighted by atomic mass is 10.1. The van der Waals surface area contributed by atoms with Gasteiger partial charge in [0.25, 0.3) is 0 Å². The second-order valence-corrected chi connectivity index (χ2v) is 5.27. The molecule has 1 saturated heterocycles. The Morgan fingerprint density at radius 3 is 2.63 bits per heavy atom. The first-order chi connectivity index (χ1) is 8.95. The van der Waals surface area contributed by atoms with E-state index in [1.54, 1.807) is 12.1 Å². The minimum atomic E-state index is -0.544. The topological polar surface area (TPSA) is 49.4 Å². The normalized spacial score (nSPS) is 19.6. The van der Waals surface area contributed by atoms with Gasteiger partial charge in [0, 0.05) is 5.02 Å². The molecule has 1 aromatic carbocycles. The number of hydrogen-bond acceptors (Lipinski definition) is 2. The van der Waals surface area contributed by atoms with Crippen LogP contribution in [-0.2, 0) is 9.59 Å². The van der Waals surface area contributed by atoms with Gasteiger partial charge in [-0.25, -0.2) is 0 Å². The quantitative estimate of drug-likeness (QED) is 0.912. The minimum absolute atomic E-state index is 0.0167. The number of rotatable bonds is 2. The summed E-state index contributed by atoms with van der Waals surface area (Å²) < 4.78 is 0. The fourth-order valence-corrected chi connectivity index (χ4v) is 2.61. The largest absolute Gasteiger partial charge is 0.345 e. The third-order valence-electron chi connectivity index (χ3n) is 3.17. The lowest BCUT2D eigenvalue weighted by molar-refractivity contribution is -0.131. The van der Waals surface area contributed by atoms with Crippen LogP contribution in [0.2, 0.25) is 10.0 Å². The summed E-state index contributed by atoms with van der Waals surface area (Å²) in [7, 11) is 0. The maximum atomic E-state index is 12.1. The minimum Gasteiger partial charge on any atom is -0.345 e. The van der Waals surface area contributed by atoms with Gasteiger partial charge in [0.2, 0.25) is 11.8 Å². The first-order valence-corrected chi connectivity index (χ1v) is 6.76. The van der Waals surface area contributed by atoms with Crippen LogP contribution in [0.25, 0.3) is 0 Å². The molecule has 2 amide bonds. The zero-order valence-electron chi connectivity index (χ0n) is 10.7. The van der Waals surface area contributed by atoms with Crippen molar-refractivity contribution in [2.75, 3.05) is 11.4 Å². The van der Waals surface area contributed by atoms with E-state index in [0.29, 0.717) is 22.2 Å². The van der Waals surface area contributed by atoms with E-state index in [2.05, 4.69) is 5.32 Å². The van der Waals surface area contributed by atoms with Crippen molar-refractivity contribution in [1.82, 2.24) is 5.32 Å². The highest BCUT2D eigenvalue weighted by molar-refractivity contribution is 6.36. The molecule has 1 aromatic rings. The number of hydrogen-bond donors (Lipinski definition) is 1. The van der Waals surface area contributed by atoms with E-state index < -0.39 is 6.04 Å². The molecule has 1 heterocycles. The predicted molar refractivity (Wildman–Crippen MR) is 75.8 cm³/mol. The molecule has 1 aliphatic rings. The Morgan fingerprint density at radius 1 is 1.32 bits per heavy atom. The van der Waals surface area contributed by atoms with Gasteiger partial charge in [-0.15, -0.1) is 0 Å². The second kappa shape index (κ2) is 5.39. The smallest absolute Gasteiger partial charge is 0.247 e. The van der Waals surface area contributed by atoms with Crippen LogP contribution in [0, 0.1) is 6.92 Å². The van der Waals surface area contributed by atoms with E-state index in [0.717, 1.165) is 5.56 Å². The Hall–Kier alpha value is -1.26. The molecule has 102 valence electrons. The third kappa shape index (κ3) is 2.55. The Morgan fingerprint density at radius 2 is 2.00 bits per heavy atom. The molecule has 0 radical (unpaired) electrons. The summed E-state index contributed by atoms with van der Waals surface area (Å²) in [5.74, 6) is -0.358. The van der Waals surface area contributed by atoms with Crippen molar-refractivity contribution in [3.05, 3.63) is 27.7 Å². The molecule has 1 aliphatic heterocycles. The number of amides is 2. The summed E-state index contributed by atoms with van der Waals surface area (Å²) in [5.41, 5.74) is 1.32. The third-order valence-corrected chi connectivity index (χ3v) is 3.88. The van der Waals surface area contributed by atoms with Crippen molar-refractivity contribution in [3.63, 3.8) is 0 Å². The summed E-state index contributed by atoms with van der Waals surface area (Å²) in [6.45, 7) is 3.66.